The number of esters is 1. The molecule has 1 amide bonds. The van der Waals surface area contributed by atoms with Crippen LogP contribution < -0.4 is 5.32 Å². The van der Waals surface area contributed by atoms with Crippen molar-refractivity contribution in [2.24, 2.45) is 0 Å². The summed E-state index contributed by atoms with van der Waals surface area (Å²) in [5.41, 5.74) is 0. The zero-order valence-electron chi connectivity index (χ0n) is 10.8. The molecule has 1 heterocycles. The van der Waals surface area contributed by atoms with Gasteiger partial charge in [-0.25, -0.2) is 0 Å². The number of methoxy groups -OCH3 is 1. The quantitative estimate of drug-likeness (QED) is 0.533. The number of nitrogens with zero attached hydrogens (tertiary/aromatic N) is 1. The monoisotopic (exact) mass is 256 g/mol. The van der Waals surface area contributed by atoms with Crippen molar-refractivity contribution in [3.8, 4) is 0 Å². The van der Waals surface area contributed by atoms with E-state index in [0.717, 1.165) is 0 Å². The summed E-state index contributed by atoms with van der Waals surface area (Å²) in [4.78, 5) is 25.2. The van der Waals surface area contributed by atoms with Crippen LogP contribution in [0.15, 0.2) is 12.7 Å². The molecule has 1 saturated heterocycles. The normalized spacial score (nSPS) is 18.9. The lowest BCUT2D eigenvalue weighted by atomic mass is 10.2. The van der Waals surface area contributed by atoms with Crippen LogP contribution >= 0.6 is 0 Å². The molecule has 0 aromatic heterocycles. The van der Waals surface area contributed by atoms with Crippen LogP contribution in [0.1, 0.15) is 6.92 Å². The third-order valence-electron chi connectivity index (χ3n) is 2.81. The van der Waals surface area contributed by atoms with E-state index in [-0.39, 0.29) is 5.91 Å². The second-order valence-corrected chi connectivity index (χ2v) is 4.06. The fourth-order valence-electron chi connectivity index (χ4n) is 1.76. The van der Waals surface area contributed by atoms with E-state index in [0.29, 0.717) is 26.3 Å². The Balaban J connectivity index is 2.52. The molecule has 2 atom stereocenters. The number of morpholine rings is 1. The highest BCUT2D eigenvalue weighted by Crippen LogP contribution is 2.02. The first kappa shape index (κ1) is 14.7. The number of amides is 1. The van der Waals surface area contributed by atoms with Crippen LogP contribution in [-0.2, 0) is 19.1 Å². The highest BCUT2D eigenvalue weighted by atomic mass is 16.5. The molecule has 0 radical (unpaired) electrons. The minimum atomic E-state index is -0.671. The lowest BCUT2D eigenvalue weighted by Gasteiger charge is -2.30. The molecule has 102 valence electrons. The predicted octanol–water partition coefficient (Wildman–Crippen LogP) is -0.449. The number of nitrogens with one attached hydrogen (secondary N) is 1. The van der Waals surface area contributed by atoms with Gasteiger partial charge in [-0.1, -0.05) is 6.08 Å². The fourth-order valence-corrected chi connectivity index (χ4v) is 1.76. The van der Waals surface area contributed by atoms with Crippen molar-refractivity contribution in [2.75, 3.05) is 33.4 Å². The Labute approximate surface area is 107 Å². The number of rotatable bonds is 5. The zero-order chi connectivity index (χ0) is 13.5. The topological polar surface area (TPSA) is 67.9 Å². The Morgan fingerprint density at radius 2 is 2.06 bits per heavy atom. The molecule has 1 rings (SSSR count). The van der Waals surface area contributed by atoms with E-state index in [4.69, 9.17) is 4.74 Å². The maximum atomic E-state index is 12.1. The molecular formula is C12H20N2O4. The molecule has 0 aromatic rings. The van der Waals surface area contributed by atoms with Gasteiger partial charge in [0.2, 0.25) is 5.91 Å². The summed E-state index contributed by atoms with van der Waals surface area (Å²) in [5.74, 6) is -0.499. The zero-order valence-corrected chi connectivity index (χ0v) is 10.8. The predicted molar refractivity (Wildman–Crippen MR) is 66.0 cm³/mol. The van der Waals surface area contributed by atoms with E-state index in [1.54, 1.807) is 11.8 Å². The third-order valence-corrected chi connectivity index (χ3v) is 2.81. The summed E-state index contributed by atoms with van der Waals surface area (Å²) in [6, 6.07) is -1.14. The van der Waals surface area contributed by atoms with Gasteiger partial charge in [0.15, 0.2) is 0 Å². The largest absolute Gasteiger partial charge is 0.468 e. The smallest absolute Gasteiger partial charge is 0.326 e. The molecule has 1 N–H and O–H groups in total. The van der Waals surface area contributed by atoms with E-state index in [9.17, 15) is 9.59 Å². The minimum Gasteiger partial charge on any atom is -0.468 e. The Bertz CT molecular complexity index is 313. The van der Waals surface area contributed by atoms with Gasteiger partial charge in [-0.2, -0.15) is 0 Å². The van der Waals surface area contributed by atoms with Gasteiger partial charge in [-0.3, -0.25) is 14.9 Å². The van der Waals surface area contributed by atoms with Crippen LogP contribution in [0.5, 0.6) is 0 Å². The highest BCUT2D eigenvalue weighted by Gasteiger charge is 2.26. The average Bonchev–Trinajstić information content (AvgIpc) is 2.43. The average molecular weight is 256 g/mol. The van der Waals surface area contributed by atoms with E-state index in [2.05, 4.69) is 16.6 Å². The van der Waals surface area contributed by atoms with E-state index < -0.39 is 18.1 Å². The lowest BCUT2D eigenvalue weighted by Crippen LogP contribution is -2.52. The second kappa shape index (κ2) is 7.13. The number of hydrogen-bond donors (Lipinski definition) is 1. The molecule has 0 spiro atoms. The van der Waals surface area contributed by atoms with Gasteiger partial charge in [0, 0.05) is 13.1 Å². The van der Waals surface area contributed by atoms with E-state index >= 15 is 0 Å². The molecule has 6 nitrogen and oxygen atoms in total. The van der Waals surface area contributed by atoms with Crippen LogP contribution in [0.3, 0.4) is 0 Å². The van der Waals surface area contributed by atoms with Crippen molar-refractivity contribution in [1.29, 1.82) is 0 Å². The third kappa shape index (κ3) is 3.82. The van der Waals surface area contributed by atoms with Gasteiger partial charge in [0.25, 0.3) is 0 Å². The number of carbonyl (C=O) groups is 2. The van der Waals surface area contributed by atoms with Gasteiger partial charge in [-0.15, -0.1) is 6.58 Å². The summed E-state index contributed by atoms with van der Waals surface area (Å²) < 4.78 is 9.79. The van der Waals surface area contributed by atoms with E-state index in [1.165, 1.54) is 13.2 Å². The van der Waals surface area contributed by atoms with Crippen LogP contribution in [0.25, 0.3) is 0 Å². The number of hydrogen-bond acceptors (Lipinski definition) is 5. The number of carbonyl (C=O) groups excluding carboxylic acids is 2. The molecule has 0 bridgehead atoms. The summed E-state index contributed by atoms with van der Waals surface area (Å²) in [6.07, 6.45) is 1.43. The second-order valence-electron chi connectivity index (χ2n) is 4.06. The maximum Gasteiger partial charge on any atom is 0.326 e. The van der Waals surface area contributed by atoms with Crippen molar-refractivity contribution in [1.82, 2.24) is 10.2 Å². The van der Waals surface area contributed by atoms with Gasteiger partial charge < -0.3 is 14.4 Å². The highest BCUT2D eigenvalue weighted by molar-refractivity contribution is 5.83. The molecule has 1 aliphatic heterocycles. The molecule has 0 saturated carbocycles. The van der Waals surface area contributed by atoms with Gasteiger partial charge in [0.1, 0.15) is 6.04 Å². The standard InChI is InChI=1S/C12H20N2O4/c1-4-10(12(16)17-3)13-9(2)11(15)14-5-7-18-8-6-14/h4,9-10,13H,1,5-8H2,2-3H3. The number of ether oxygens (including phenoxy) is 2. The lowest BCUT2D eigenvalue weighted by molar-refractivity contribution is -0.143. The molecule has 2 unspecified atom stereocenters. The van der Waals surface area contributed by atoms with Gasteiger partial charge in [-0.05, 0) is 6.92 Å². The summed E-state index contributed by atoms with van der Waals surface area (Å²) >= 11 is 0. The van der Waals surface area contributed by atoms with Crippen LogP contribution in [0, 0.1) is 0 Å². The van der Waals surface area contributed by atoms with Crippen LogP contribution in [0.2, 0.25) is 0 Å². The van der Waals surface area contributed by atoms with E-state index in [1.807, 2.05) is 0 Å². The molecule has 1 aliphatic rings. The SMILES string of the molecule is C=CC(NC(C)C(=O)N1CCOCC1)C(=O)OC. The Morgan fingerprint density at radius 3 is 2.56 bits per heavy atom. The van der Waals surface area contributed by atoms with Crippen LogP contribution in [-0.4, -0.2) is 62.3 Å². The maximum absolute atomic E-state index is 12.1. The van der Waals surface area contributed by atoms with Crippen molar-refractivity contribution in [3.63, 3.8) is 0 Å². The Morgan fingerprint density at radius 1 is 1.44 bits per heavy atom. The first-order valence-electron chi connectivity index (χ1n) is 5.93. The first-order valence-corrected chi connectivity index (χ1v) is 5.93. The minimum absolute atomic E-state index is 0.0472. The Hall–Kier alpha value is -1.40. The van der Waals surface area contributed by atoms with Crippen molar-refractivity contribution in [3.05, 3.63) is 12.7 Å². The molecule has 6 heteroatoms. The summed E-state index contributed by atoms with van der Waals surface area (Å²) in [6.45, 7) is 7.55. The molecular weight excluding hydrogens is 236 g/mol. The van der Waals surface area contributed by atoms with Crippen LogP contribution in [0.4, 0.5) is 0 Å². The fraction of sp³-hybridized carbons (Fsp3) is 0.667. The van der Waals surface area contributed by atoms with Gasteiger partial charge in [0.05, 0.1) is 26.4 Å². The molecule has 18 heavy (non-hydrogen) atoms. The molecule has 0 aliphatic carbocycles. The van der Waals surface area contributed by atoms with Crippen molar-refractivity contribution in [2.45, 2.75) is 19.0 Å². The Kier molecular flexibility index (Phi) is 5.80. The summed E-state index contributed by atoms with van der Waals surface area (Å²) in [7, 11) is 1.30. The first-order chi connectivity index (χ1) is 8.60. The molecule has 0 aromatic carbocycles. The summed E-state index contributed by atoms with van der Waals surface area (Å²) in [5, 5.41) is 2.89. The van der Waals surface area contributed by atoms with Crippen molar-refractivity contribution < 1.29 is 19.1 Å². The van der Waals surface area contributed by atoms with Gasteiger partial charge >= 0.3 is 5.97 Å². The van der Waals surface area contributed by atoms with Crippen molar-refractivity contribution >= 4 is 11.9 Å². The molecule has 1 fully saturated rings.